The number of amides is 1. The molecule has 0 atom stereocenters. The number of nitro benzene ring substituents is 1. The van der Waals surface area contributed by atoms with Crippen LogP contribution in [0, 0.1) is 10.1 Å². The first-order chi connectivity index (χ1) is 11.1. The molecule has 2 aromatic rings. The van der Waals surface area contributed by atoms with Crippen LogP contribution in [0.2, 0.25) is 0 Å². The number of anilines is 2. The SMILES string of the molecule is COC(=O)Nc1ccc([N+](=O)[O-])c(NCCc2ccccc2)c1. The molecule has 0 bridgehead atoms. The average molecular weight is 315 g/mol. The molecule has 0 saturated carbocycles. The summed E-state index contributed by atoms with van der Waals surface area (Å²) in [5, 5.41) is 16.6. The van der Waals surface area contributed by atoms with Gasteiger partial charge in [-0.05, 0) is 24.1 Å². The van der Waals surface area contributed by atoms with E-state index in [9.17, 15) is 14.9 Å². The zero-order chi connectivity index (χ0) is 16.7. The van der Waals surface area contributed by atoms with Gasteiger partial charge < -0.3 is 10.1 Å². The normalized spacial score (nSPS) is 9.96. The topological polar surface area (TPSA) is 93.5 Å². The highest BCUT2D eigenvalue weighted by atomic mass is 16.6. The van der Waals surface area contributed by atoms with Gasteiger partial charge in [0.2, 0.25) is 0 Å². The van der Waals surface area contributed by atoms with E-state index in [2.05, 4.69) is 15.4 Å². The first-order valence-electron chi connectivity index (χ1n) is 7.01. The highest BCUT2D eigenvalue weighted by Gasteiger charge is 2.14. The van der Waals surface area contributed by atoms with Gasteiger partial charge in [0.1, 0.15) is 5.69 Å². The minimum absolute atomic E-state index is 0.0477. The Hall–Kier alpha value is -3.09. The third kappa shape index (κ3) is 4.70. The molecule has 0 heterocycles. The molecule has 7 heteroatoms. The zero-order valence-corrected chi connectivity index (χ0v) is 12.6. The van der Waals surface area contributed by atoms with Crippen LogP contribution in [0.15, 0.2) is 48.5 Å². The number of nitro groups is 1. The lowest BCUT2D eigenvalue weighted by molar-refractivity contribution is -0.383. The molecule has 0 spiro atoms. The lowest BCUT2D eigenvalue weighted by atomic mass is 10.1. The molecule has 7 nitrogen and oxygen atoms in total. The summed E-state index contributed by atoms with van der Waals surface area (Å²) in [6.07, 6.45) is 0.0983. The summed E-state index contributed by atoms with van der Waals surface area (Å²) < 4.78 is 4.51. The van der Waals surface area contributed by atoms with Crippen molar-refractivity contribution in [1.82, 2.24) is 0 Å². The molecule has 0 radical (unpaired) electrons. The lowest BCUT2D eigenvalue weighted by Crippen LogP contribution is -2.12. The van der Waals surface area contributed by atoms with Gasteiger partial charge in [0, 0.05) is 18.3 Å². The van der Waals surface area contributed by atoms with E-state index in [1.54, 1.807) is 0 Å². The fourth-order valence-corrected chi connectivity index (χ4v) is 2.07. The largest absolute Gasteiger partial charge is 0.453 e. The third-order valence-electron chi connectivity index (χ3n) is 3.20. The van der Waals surface area contributed by atoms with E-state index >= 15 is 0 Å². The van der Waals surface area contributed by atoms with Crippen LogP contribution in [0.1, 0.15) is 5.56 Å². The van der Waals surface area contributed by atoms with Gasteiger partial charge in [0.05, 0.1) is 12.0 Å². The number of carbonyl (C=O) groups excluding carboxylic acids is 1. The van der Waals surface area contributed by atoms with Crippen molar-refractivity contribution in [2.45, 2.75) is 6.42 Å². The van der Waals surface area contributed by atoms with Crippen LogP contribution in [0.25, 0.3) is 0 Å². The first kappa shape index (κ1) is 16.3. The van der Waals surface area contributed by atoms with Gasteiger partial charge in [-0.1, -0.05) is 30.3 Å². The minimum atomic E-state index is -0.630. The van der Waals surface area contributed by atoms with E-state index in [0.29, 0.717) is 17.9 Å². The summed E-state index contributed by atoms with van der Waals surface area (Å²) in [5.74, 6) is 0. The summed E-state index contributed by atoms with van der Waals surface area (Å²) in [6.45, 7) is 0.534. The van der Waals surface area contributed by atoms with E-state index in [1.165, 1.54) is 25.3 Å². The molecule has 0 fully saturated rings. The Morgan fingerprint density at radius 3 is 2.61 bits per heavy atom. The van der Waals surface area contributed by atoms with Crippen molar-refractivity contribution in [2.75, 3.05) is 24.3 Å². The quantitative estimate of drug-likeness (QED) is 0.629. The van der Waals surface area contributed by atoms with E-state index in [1.807, 2.05) is 30.3 Å². The smallest absolute Gasteiger partial charge is 0.411 e. The minimum Gasteiger partial charge on any atom is -0.453 e. The van der Waals surface area contributed by atoms with E-state index in [-0.39, 0.29) is 5.69 Å². The molecule has 2 rings (SSSR count). The van der Waals surface area contributed by atoms with Crippen molar-refractivity contribution in [3.8, 4) is 0 Å². The van der Waals surface area contributed by atoms with Gasteiger partial charge >= 0.3 is 6.09 Å². The van der Waals surface area contributed by atoms with Gasteiger partial charge in [-0.25, -0.2) is 4.79 Å². The Balaban J connectivity index is 2.09. The van der Waals surface area contributed by atoms with E-state index < -0.39 is 11.0 Å². The van der Waals surface area contributed by atoms with Gasteiger partial charge in [-0.3, -0.25) is 15.4 Å². The number of ether oxygens (including phenoxy) is 1. The lowest BCUT2D eigenvalue weighted by Gasteiger charge is -2.10. The second-order valence-corrected chi connectivity index (χ2v) is 4.77. The van der Waals surface area contributed by atoms with Gasteiger partial charge in [-0.2, -0.15) is 0 Å². The van der Waals surface area contributed by atoms with E-state index in [4.69, 9.17) is 0 Å². The van der Waals surface area contributed by atoms with Crippen molar-refractivity contribution < 1.29 is 14.5 Å². The molecular weight excluding hydrogens is 298 g/mol. The van der Waals surface area contributed by atoms with Gasteiger partial charge in [0.25, 0.3) is 5.69 Å². The van der Waals surface area contributed by atoms with Crippen molar-refractivity contribution in [3.05, 3.63) is 64.2 Å². The highest BCUT2D eigenvalue weighted by Crippen LogP contribution is 2.27. The summed E-state index contributed by atoms with van der Waals surface area (Å²) in [4.78, 5) is 21.9. The zero-order valence-electron chi connectivity index (χ0n) is 12.6. The predicted octanol–water partition coefficient (Wildman–Crippen LogP) is 3.43. The molecule has 120 valence electrons. The number of carbonyl (C=O) groups is 1. The number of hydrogen-bond acceptors (Lipinski definition) is 5. The highest BCUT2D eigenvalue weighted by molar-refractivity contribution is 5.86. The molecule has 2 aromatic carbocycles. The Kier molecular flexibility index (Phi) is 5.51. The fourth-order valence-electron chi connectivity index (χ4n) is 2.07. The molecule has 0 aliphatic heterocycles. The maximum Gasteiger partial charge on any atom is 0.411 e. The summed E-state index contributed by atoms with van der Waals surface area (Å²) in [7, 11) is 1.25. The maximum absolute atomic E-state index is 11.2. The molecule has 0 aliphatic carbocycles. The van der Waals surface area contributed by atoms with Crippen LogP contribution in [0.3, 0.4) is 0 Å². The molecular formula is C16H17N3O4. The molecule has 2 N–H and O–H groups in total. The number of nitrogens with one attached hydrogen (secondary N) is 2. The summed E-state index contributed by atoms with van der Waals surface area (Å²) in [6, 6.07) is 14.1. The molecule has 0 unspecified atom stereocenters. The summed E-state index contributed by atoms with van der Waals surface area (Å²) >= 11 is 0. The Morgan fingerprint density at radius 1 is 1.22 bits per heavy atom. The van der Waals surface area contributed by atoms with Gasteiger partial charge in [-0.15, -0.1) is 0 Å². The second kappa shape index (κ2) is 7.79. The van der Waals surface area contributed by atoms with Crippen molar-refractivity contribution in [2.24, 2.45) is 0 Å². The standard InChI is InChI=1S/C16H17N3O4/c1-23-16(20)18-13-7-8-15(19(21)22)14(11-13)17-10-9-12-5-3-2-4-6-12/h2-8,11,17H,9-10H2,1H3,(H,18,20). The summed E-state index contributed by atoms with van der Waals surface area (Å²) in [5.41, 5.74) is 1.85. The number of rotatable bonds is 6. The third-order valence-corrected chi connectivity index (χ3v) is 3.20. The van der Waals surface area contributed by atoms with Crippen molar-refractivity contribution >= 4 is 23.2 Å². The van der Waals surface area contributed by atoms with E-state index in [0.717, 1.165) is 12.0 Å². The molecule has 0 aliphatic rings. The van der Waals surface area contributed by atoms with Crippen LogP contribution in [-0.2, 0) is 11.2 Å². The number of methoxy groups -OCH3 is 1. The number of nitrogens with zero attached hydrogens (tertiary/aromatic N) is 1. The van der Waals surface area contributed by atoms with Gasteiger partial charge in [0.15, 0.2) is 0 Å². The molecule has 0 saturated heterocycles. The molecule has 1 amide bonds. The predicted molar refractivity (Wildman–Crippen MR) is 87.8 cm³/mol. The number of hydrogen-bond donors (Lipinski definition) is 2. The van der Waals surface area contributed by atoms with Crippen LogP contribution < -0.4 is 10.6 Å². The van der Waals surface area contributed by atoms with Crippen molar-refractivity contribution in [1.29, 1.82) is 0 Å². The average Bonchev–Trinajstić information content (AvgIpc) is 2.55. The van der Waals surface area contributed by atoms with Crippen molar-refractivity contribution in [3.63, 3.8) is 0 Å². The molecule has 23 heavy (non-hydrogen) atoms. The van der Waals surface area contributed by atoms with Crippen LogP contribution in [0.4, 0.5) is 21.9 Å². The van der Waals surface area contributed by atoms with Crippen LogP contribution in [0.5, 0.6) is 0 Å². The number of benzene rings is 2. The first-order valence-corrected chi connectivity index (χ1v) is 7.01. The Labute approximate surface area is 133 Å². The maximum atomic E-state index is 11.2. The monoisotopic (exact) mass is 315 g/mol. The Bertz CT molecular complexity index is 689. The van der Waals surface area contributed by atoms with Crippen LogP contribution in [-0.4, -0.2) is 24.7 Å². The van der Waals surface area contributed by atoms with Crippen LogP contribution >= 0.6 is 0 Å². The fraction of sp³-hybridized carbons (Fsp3) is 0.188. The Morgan fingerprint density at radius 2 is 1.96 bits per heavy atom. The second-order valence-electron chi connectivity index (χ2n) is 4.77. The molecule has 0 aromatic heterocycles.